The number of hydrogen-bond donors (Lipinski definition) is 2. The molecule has 0 saturated heterocycles. The minimum Gasteiger partial charge on any atom is -0.386 e. The number of benzene rings is 1. The van der Waals surface area contributed by atoms with Gasteiger partial charge in [0.25, 0.3) is 0 Å². The quantitative estimate of drug-likeness (QED) is 0.736. The largest absolute Gasteiger partial charge is 0.386 e. The second kappa shape index (κ2) is 3.14. The van der Waals surface area contributed by atoms with E-state index in [1.807, 2.05) is 0 Å². The predicted molar refractivity (Wildman–Crippen MR) is 47.0 cm³/mol. The highest BCUT2D eigenvalue weighted by Gasteiger charge is 2.07. The summed E-state index contributed by atoms with van der Waals surface area (Å²) in [6.07, 6.45) is 0.531. The number of nitrogens with one attached hydrogen (secondary N) is 1. The van der Waals surface area contributed by atoms with Crippen LogP contribution >= 0.6 is 0 Å². The molecule has 4 heteroatoms. The van der Waals surface area contributed by atoms with Crippen molar-refractivity contribution in [1.29, 1.82) is 0 Å². The van der Waals surface area contributed by atoms with Crippen LogP contribution in [0.5, 0.6) is 0 Å². The zero-order valence-electron chi connectivity index (χ0n) is 6.87. The van der Waals surface area contributed by atoms with E-state index in [2.05, 4.69) is 9.97 Å². The van der Waals surface area contributed by atoms with Crippen molar-refractivity contribution in [3.63, 3.8) is 0 Å². The highest BCUT2D eigenvalue weighted by atomic mass is 19.1. The Hall–Kier alpha value is -1.42. The summed E-state index contributed by atoms with van der Waals surface area (Å²) in [6, 6.07) is 5.13. The van der Waals surface area contributed by atoms with Crippen LogP contribution in [0.2, 0.25) is 0 Å². The van der Waals surface area contributed by atoms with Crippen LogP contribution in [0.15, 0.2) is 24.5 Å². The number of aromatic amines is 1. The first-order valence-corrected chi connectivity index (χ1v) is 3.98. The van der Waals surface area contributed by atoms with Gasteiger partial charge in [-0.25, -0.2) is 9.37 Å². The highest BCUT2D eigenvalue weighted by Crippen LogP contribution is 2.17. The number of hydrogen-bond acceptors (Lipinski definition) is 2. The molecule has 0 aliphatic heterocycles. The van der Waals surface area contributed by atoms with E-state index in [1.165, 1.54) is 0 Å². The van der Waals surface area contributed by atoms with Gasteiger partial charge in [0.15, 0.2) is 0 Å². The number of aromatic nitrogens is 2. The van der Waals surface area contributed by atoms with Gasteiger partial charge in [-0.2, -0.15) is 0 Å². The second-order valence-electron chi connectivity index (χ2n) is 2.85. The minimum atomic E-state index is -1.03. The molecule has 1 atom stereocenters. The van der Waals surface area contributed by atoms with Crippen LogP contribution < -0.4 is 0 Å². The van der Waals surface area contributed by atoms with Crippen molar-refractivity contribution in [2.75, 3.05) is 6.67 Å². The van der Waals surface area contributed by atoms with Gasteiger partial charge in [-0.3, -0.25) is 0 Å². The van der Waals surface area contributed by atoms with Crippen LogP contribution in [0.4, 0.5) is 4.39 Å². The number of halogens is 1. The van der Waals surface area contributed by atoms with E-state index in [0.717, 1.165) is 11.0 Å². The molecule has 2 aromatic rings. The predicted octanol–water partition coefficient (Wildman–Crippen LogP) is 1.57. The maximum atomic E-state index is 12.1. The SMILES string of the molecule is OC(CF)c1ccc2nc[nH]c2c1. The highest BCUT2D eigenvalue weighted by molar-refractivity contribution is 5.75. The summed E-state index contributed by atoms with van der Waals surface area (Å²) in [7, 11) is 0. The van der Waals surface area contributed by atoms with Gasteiger partial charge in [0, 0.05) is 0 Å². The summed E-state index contributed by atoms with van der Waals surface area (Å²) in [6.45, 7) is -0.764. The number of H-pyrrole nitrogens is 1. The Morgan fingerprint density at radius 3 is 3.15 bits per heavy atom. The molecule has 0 radical (unpaired) electrons. The zero-order chi connectivity index (χ0) is 9.26. The molecule has 2 N–H and O–H groups in total. The molecule has 0 fully saturated rings. The van der Waals surface area contributed by atoms with Gasteiger partial charge in [0.1, 0.15) is 12.8 Å². The van der Waals surface area contributed by atoms with E-state index in [1.54, 1.807) is 24.5 Å². The van der Waals surface area contributed by atoms with Crippen LogP contribution in [0, 0.1) is 0 Å². The van der Waals surface area contributed by atoms with Gasteiger partial charge in [0.2, 0.25) is 0 Å². The molecule has 2 rings (SSSR count). The Morgan fingerprint density at radius 1 is 1.54 bits per heavy atom. The lowest BCUT2D eigenvalue weighted by Gasteiger charge is -2.04. The number of imidazole rings is 1. The fourth-order valence-electron chi connectivity index (χ4n) is 1.25. The lowest BCUT2D eigenvalue weighted by Crippen LogP contribution is -1.98. The van der Waals surface area contributed by atoms with E-state index in [4.69, 9.17) is 0 Å². The molecular weight excluding hydrogens is 171 g/mol. The molecular formula is C9H9FN2O. The Bertz CT molecular complexity index is 413. The molecule has 3 nitrogen and oxygen atoms in total. The molecule has 1 heterocycles. The lowest BCUT2D eigenvalue weighted by molar-refractivity contribution is 0.142. The molecule has 0 spiro atoms. The van der Waals surface area contributed by atoms with Gasteiger partial charge in [-0.05, 0) is 17.7 Å². The van der Waals surface area contributed by atoms with Crippen molar-refractivity contribution in [2.45, 2.75) is 6.10 Å². The molecule has 1 unspecified atom stereocenters. The molecule has 1 aromatic carbocycles. The maximum Gasteiger partial charge on any atom is 0.119 e. The van der Waals surface area contributed by atoms with Gasteiger partial charge in [0.05, 0.1) is 17.4 Å². The number of aliphatic hydroxyl groups is 1. The third kappa shape index (κ3) is 1.40. The second-order valence-corrected chi connectivity index (χ2v) is 2.85. The van der Waals surface area contributed by atoms with Crippen LogP contribution in [0.25, 0.3) is 11.0 Å². The fraction of sp³-hybridized carbons (Fsp3) is 0.222. The third-order valence-electron chi connectivity index (χ3n) is 1.98. The Morgan fingerprint density at radius 2 is 2.38 bits per heavy atom. The lowest BCUT2D eigenvalue weighted by atomic mass is 10.1. The maximum absolute atomic E-state index is 12.1. The smallest absolute Gasteiger partial charge is 0.119 e. The number of rotatable bonds is 2. The molecule has 1 aromatic heterocycles. The third-order valence-corrected chi connectivity index (χ3v) is 1.98. The number of fused-ring (bicyclic) bond motifs is 1. The standard InChI is InChI=1S/C9H9FN2O/c10-4-9(13)6-1-2-7-8(3-6)12-5-11-7/h1-3,5,9,13H,4H2,(H,11,12). The molecule has 68 valence electrons. The average molecular weight is 180 g/mol. The van der Waals surface area contributed by atoms with Gasteiger partial charge >= 0.3 is 0 Å². The molecule has 13 heavy (non-hydrogen) atoms. The van der Waals surface area contributed by atoms with Crippen LogP contribution in [-0.2, 0) is 0 Å². The van der Waals surface area contributed by atoms with E-state index >= 15 is 0 Å². The van der Waals surface area contributed by atoms with Crippen molar-refractivity contribution in [1.82, 2.24) is 9.97 Å². The van der Waals surface area contributed by atoms with E-state index in [0.29, 0.717) is 5.56 Å². The van der Waals surface area contributed by atoms with Gasteiger partial charge in [-0.1, -0.05) is 6.07 Å². The minimum absolute atomic E-state index is 0.569. The first-order chi connectivity index (χ1) is 6.31. The topological polar surface area (TPSA) is 48.9 Å². The molecule has 0 amide bonds. The molecule has 0 aliphatic rings. The normalized spacial score (nSPS) is 13.4. The number of nitrogens with zero attached hydrogens (tertiary/aromatic N) is 1. The summed E-state index contributed by atoms with van der Waals surface area (Å²) in [5.41, 5.74) is 2.19. The summed E-state index contributed by atoms with van der Waals surface area (Å²) in [5.74, 6) is 0. The van der Waals surface area contributed by atoms with E-state index in [-0.39, 0.29) is 0 Å². The van der Waals surface area contributed by atoms with Crippen LogP contribution in [0.1, 0.15) is 11.7 Å². The van der Waals surface area contributed by atoms with E-state index in [9.17, 15) is 9.50 Å². The average Bonchev–Trinajstić information content (AvgIpc) is 2.63. The summed E-state index contributed by atoms with van der Waals surface area (Å²) in [5, 5.41) is 9.22. The Balaban J connectivity index is 2.48. The Kier molecular flexibility index (Phi) is 1.98. The van der Waals surface area contributed by atoms with Crippen molar-refractivity contribution in [3.8, 4) is 0 Å². The van der Waals surface area contributed by atoms with Crippen molar-refractivity contribution < 1.29 is 9.50 Å². The Labute approximate surface area is 74.2 Å². The van der Waals surface area contributed by atoms with Crippen LogP contribution in [-0.4, -0.2) is 21.7 Å². The monoisotopic (exact) mass is 180 g/mol. The fourth-order valence-corrected chi connectivity index (χ4v) is 1.25. The number of alkyl halides is 1. The summed E-state index contributed by atoms with van der Waals surface area (Å²) >= 11 is 0. The molecule has 0 bridgehead atoms. The van der Waals surface area contributed by atoms with Gasteiger partial charge < -0.3 is 10.1 Å². The zero-order valence-corrected chi connectivity index (χ0v) is 6.87. The van der Waals surface area contributed by atoms with E-state index < -0.39 is 12.8 Å². The van der Waals surface area contributed by atoms with Crippen molar-refractivity contribution >= 4 is 11.0 Å². The van der Waals surface area contributed by atoms with Crippen molar-refractivity contribution in [3.05, 3.63) is 30.1 Å². The first-order valence-electron chi connectivity index (χ1n) is 3.98. The number of aliphatic hydroxyl groups excluding tert-OH is 1. The van der Waals surface area contributed by atoms with Gasteiger partial charge in [-0.15, -0.1) is 0 Å². The van der Waals surface area contributed by atoms with Crippen molar-refractivity contribution in [2.24, 2.45) is 0 Å². The summed E-state index contributed by atoms with van der Waals surface area (Å²) < 4.78 is 12.1. The van der Waals surface area contributed by atoms with Crippen LogP contribution in [0.3, 0.4) is 0 Å². The first kappa shape index (κ1) is 8.19. The summed E-state index contributed by atoms with van der Waals surface area (Å²) in [4.78, 5) is 6.91. The molecule has 0 aliphatic carbocycles. The molecule has 0 saturated carbocycles.